The van der Waals surface area contributed by atoms with E-state index in [1.165, 1.54) is 0 Å². The van der Waals surface area contributed by atoms with Crippen molar-refractivity contribution in [3.8, 4) is 0 Å². The van der Waals surface area contributed by atoms with Crippen LogP contribution in [0.4, 0.5) is 0 Å². The zero-order valence-electron chi connectivity index (χ0n) is 11.6. The van der Waals surface area contributed by atoms with Gasteiger partial charge in [-0.3, -0.25) is 4.79 Å². The molecule has 17 heavy (non-hydrogen) atoms. The quantitative estimate of drug-likeness (QED) is 0.587. The Labute approximate surface area is 104 Å². The Kier molecular flexibility index (Phi) is 6.67. The van der Waals surface area contributed by atoms with Gasteiger partial charge in [0, 0.05) is 6.54 Å². The maximum Gasteiger partial charge on any atom is 0.220 e. The number of amides is 1. The summed E-state index contributed by atoms with van der Waals surface area (Å²) in [4.78, 5) is 10.8. The SMILES string of the molecule is CNCC(C)(C)OCCOC(C)(C)CC(N)=O. The Hall–Kier alpha value is -0.650. The first-order valence-electron chi connectivity index (χ1n) is 5.89. The van der Waals surface area contributed by atoms with Gasteiger partial charge in [-0.15, -0.1) is 0 Å². The topological polar surface area (TPSA) is 73.6 Å². The second-order valence-corrected chi connectivity index (χ2v) is 5.39. The minimum atomic E-state index is -0.525. The van der Waals surface area contributed by atoms with E-state index in [1.54, 1.807) is 0 Å². The van der Waals surface area contributed by atoms with Gasteiger partial charge in [-0.25, -0.2) is 0 Å². The molecule has 0 aliphatic heterocycles. The lowest BCUT2D eigenvalue weighted by Crippen LogP contribution is -2.38. The second kappa shape index (κ2) is 6.93. The van der Waals surface area contributed by atoms with Gasteiger partial charge in [0.2, 0.25) is 5.91 Å². The molecule has 0 aromatic rings. The first-order chi connectivity index (χ1) is 7.68. The third kappa shape index (κ3) is 9.09. The van der Waals surface area contributed by atoms with Crippen molar-refractivity contribution in [1.29, 1.82) is 0 Å². The van der Waals surface area contributed by atoms with Crippen LogP contribution >= 0.6 is 0 Å². The molecule has 0 unspecified atom stereocenters. The Morgan fingerprint density at radius 3 is 2.00 bits per heavy atom. The zero-order chi connectivity index (χ0) is 13.5. The molecule has 0 aliphatic carbocycles. The summed E-state index contributed by atoms with van der Waals surface area (Å²) < 4.78 is 11.2. The minimum absolute atomic E-state index is 0.215. The predicted molar refractivity (Wildman–Crippen MR) is 67.8 cm³/mol. The average molecular weight is 246 g/mol. The van der Waals surface area contributed by atoms with Crippen molar-refractivity contribution in [2.24, 2.45) is 5.73 Å². The van der Waals surface area contributed by atoms with Crippen LogP contribution in [0.15, 0.2) is 0 Å². The van der Waals surface area contributed by atoms with Crippen molar-refractivity contribution >= 4 is 5.91 Å². The van der Waals surface area contributed by atoms with Crippen molar-refractivity contribution in [1.82, 2.24) is 5.32 Å². The maximum absolute atomic E-state index is 10.8. The number of hydrogen-bond acceptors (Lipinski definition) is 4. The fraction of sp³-hybridized carbons (Fsp3) is 0.917. The number of carbonyl (C=O) groups excluding carboxylic acids is 1. The van der Waals surface area contributed by atoms with Gasteiger partial charge in [0.05, 0.1) is 30.8 Å². The molecule has 3 N–H and O–H groups in total. The molecule has 0 rings (SSSR count). The van der Waals surface area contributed by atoms with Gasteiger partial charge in [0.25, 0.3) is 0 Å². The maximum atomic E-state index is 10.8. The summed E-state index contributed by atoms with van der Waals surface area (Å²) >= 11 is 0. The minimum Gasteiger partial charge on any atom is -0.373 e. The van der Waals surface area contributed by atoms with E-state index < -0.39 is 5.60 Å². The molecule has 0 radical (unpaired) electrons. The summed E-state index contributed by atoms with van der Waals surface area (Å²) in [7, 11) is 1.89. The van der Waals surface area contributed by atoms with E-state index in [2.05, 4.69) is 5.32 Å². The number of nitrogens with one attached hydrogen (secondary N) is 1. The smallest absolute Gasteiger partial charge is 0.220 e. The molecule has 0 atom stereocenters. The van der Waals surface area contributed by atoms with Gasteiger partial charge >= 0.3 is 0 Å². The Balaban J connectivity index is 3.80. The summed E-state index contributed by atoms with van der Waals surface area (Å²) in [6.07, 6.45) is 0.215. The molecular formula is C12H26N2O3. The number of primary amides is 1. The lowest BCUT2D eigenvalue weighted by atomic mass is 10.1. The molecule has 0 bridgehead atoms. The van der Waals surface area contributed by atoms with Crippen LogP contribution in [0.1, 0.15) is 34.1 Å². The number of hydrogen-bond donors (Lipinski definition) is 2. The van der Waals surface area contributed by atoms with Crippen LogP contribution in [-0.4, -0.2) is 43.9 Å². The van der Waals surface area contributed by atoms with E-state index in [0.29, 0.717) is 13.2 Å². The van der Waals surface area contributed by atoms with Gasteiger partial charge in [0.15, 0.2) is 0 Å². The van der Waals surface area contributed by atoms with Gasteiger partial charge in [-0.05, 0) is 34.7 Å². The van der Waals surface area contributed by atoms with Crippen molar-refractivity contribution in [3.63, 3.8) is 0 Å². The molecule has 0 aromatic carbocycles. The Bertz CT molecular complexity index is 240. The largest absolute Gasteiger partial charge is 0.373 e. The van der Waals surface area contributed by atoms with E-state index >= 15 is 0 Å². The van der Waals surface area contributed by atoms with E-state index in [0.717, 1.165) is 6.54 Å². The highest BCUT2D eigenvalue weighted by atomic mass is 16.5. The zero-order valence-corrected chi connectivity index (χ0v) is 11.6. The molecule has 0 aliphatic rings. The highest BCUT2D eigenvalue weighted by Crippen LogP contribution is 2.14. The van der Waals surface area contributed by atoms with Crippen molar-refractivity contribution < 1.29 is 14.3 Å². The first-order valence-corrected chi connectivity index (χ1v) is 5.89. The highest BCUT2D eigenvalue weighted by molar-refractivity contribution is 5.74. The second-order valence-electron chi connectivity index (χ2n) is 5.39. The normalized spacial score (nSPS) is 12.8. The molecule has 0 spiro atoms. The molecule has 102 valence electrons. The first kappa shape index (κ1) is 16.4. The van der Waals surface area contributed by atoms with Crippen molar-refractivity contribution in [2.45, 2.75) is 45.3 Å². The van der Waals surface area contributed by atoms with Gasteiger partial charge in [0.1, 0.15) is 0 Å². The summed E-state index contributed by atoms with van der Waals surface area (Å²) in [5.41, 5.74) is 4.39. The Morgan fingerprint density at radius 1 is 1.12 bits per heavy atom. The standard InChI is InChI=1S/C12H26N2O3/c1-11(2,8-10(13)15)16-6-7-17-12(3,4)9-14-5/h14H,6-9H2,1-5H3,(H2,13,15). The van der Waals surface area contributed by atoms with Crippen LogP contribution in [0.3, 0.4) is 0 Å². The number of nitrogens with two attached hydrogens (primary N) is 1. The summed E-state index contributed by atoms with van der Waals surface area (Å²) in [5.74, 6) is -0.355. The summed E-state index contributed by atoms with van der Waals surface area (Å²) in [6, 6.07) is 0. The average Bonchev–Trinajstić information content (AvgIpc) is 2.10. The third-order valence-electron chi connectivity index (χ3n) is 2.27. The van der Waals surface area contributed by atoms with E-state index in [-0.39, 0.29) is 17.9 Å². The van der Waals surface area contributed by atoms with Crippen LogP contribution in [0.2, 0.25) is 0 Å². The number of carbonyl (C=O) groups is 1. The Morgan fingerprint density at radius 2 is 1.59 bits per heavy atom. The van der Waals surface area contributed by atoms with E-state index in [9.17, 15) is 4.79 Å². The number of rotatable bonds is 9. The monoisotopic (exact) mass is 246 g/mol. The molecule has 0 heterocycles. The lowest BCUT2D eigenvalue weighted by molar-refractivity contribution is -0.127. The van der Waals surface area contributed by atoms with Crippen LogP contribution in [0.25, 0.3) is 0 Å². The molecule has 5 heteroatoms. The van der Waals surface area contributed by atoms with Crippen LogP contribution in [0, 0.1) is 0 Å². The fourth-order valence-corrected chi connectivity index (χ4v) is 1.58. The van der Waals surface area contributed by atoms with Crippen molar-refractivity contribution in [2.75, 3.05) is 26.8 Å². The number of likely N-dealkylation sites (N-methyl/N-ethyl adjacent to an activating group) is 1. The molecule has 0 saturated carbocycles. The summed E-state index contributed by atoms with van der Waals surface area (Å²) in [6.45, 7) is 9.44. The molecule has 0 aromatic heterocycles. The summed E-state index contributed by atoms with van der Waals surface area (Å²) in [5, 5.41) is 3.06. The molecular weight excluding hydrogens is 220 g/mol. The lowest BCUT2D eigenvalue weighted by Gasteiger charge is -2.27. The van der Waals surface area contributed by atoms with Crippen molar-refractivity contribution in [3.05, 3.63) is 0 Å². The molecule has 0 saturated heterocycles. The number of ether oxygens (including phenoxy) is 2. The van der Waals surface area contributed by atoms with Gasteiger partial charge in [-0.2, -0.15) is 0 Å². The van der Waals surface area contributed by atoms with Crippen LogP contribution in [0.5, 0.6) is 0 Å². The molecule has 5 nitrogen and oxygen atoms in total. The van der Waals surface area contributed by atoms with Crippen LogP contribution in [-0.2, 0) is 14.3 Å². The van der Waals surface area contributed by atoms with Gasteiger partial charge in [-0.1, -0.05) is 0 Å². The third-order valence-corrected chi connectivity index (χ3v) is 2.27. The van der Waals surface area contributed by atoms with E-state index in [1.807, 2.05) is 34.7 Å². The predicted octanol–water partition coefficient (Wildman–Crippen LogP) is 0.672. The molecule has 1 amide bonds. The fourth-order valence-electron chi connectivity index (χ4n) is 1.58. The molecule has 0 fully saturated rings. The van der Waals surface area contributed by atoms with Crippen LogP contribution < -0.4 is 11.1 Å². The van der Waals surface area contributed by atoms with E-state index in [4.69, 9.17) is 15.2 Å². The highest BCUT2D eigenvalue weighted by Gasteiger charge is 2.22. The van der Waals surface area contributed by atoms with Gasteiger partial charge < -0.3 is 20.5 Å².